The van der Waals surface area contributed by atoms with Crippen LogP contribution < -0.4 is 0 Å². The molecule has 1 unspecified atom stereocenters. The van der Waals surface area contributed by atoms with Crippen LogP contribution in [0.2, 0.25) is 0 Å². The molecule has 0 saturated heterocycles. The minimum Gasteiger partial charge on any atom is -0.469 e. The van der Waals surface area contributed by atoms with Crippen LogP contribution in [0.1, 0.15) is 71.1 Å². The molecule has 112 valence electrons. The minimum atomic E-state index is -0.179. The number of methoxy groups -OCH3 is 1. The maximum Gasteiger partial charge on any atom is 0.305 e. The van der Waals surface area contributed by atoms with Gasteiger partial charge in [-0.3, -0.25) is 4.79 Å². The van der Waals surface area contributed by atoms with E-state index in [-0.39, 0.29) is 12.1 Å². The summed E-state index contributed by atoms with van der Waals surface area (Å²) >= 11 is 0. The van der Waals surface area contributed by atoms with Crippen LogP contribution >= 0.6 is 0 Å². The van der Waals surface area contributed by atoms with Crippen LogP contribution in [-0.4, -0.2) is 24.3 Å². The molecule has 0 aromatic carbocycles. The number of allylic oxidation sites excluding steroid dienone is 1. The third-order valence-electron chi connectivity index (χ3n) is 3.21. The van der Waals surface area contributed by atoms with E-state index < -0.39 is 0 Å². The molecule has 1 N–H and O–H groups in total. The standard InChI is InChI=1S/C16H30O3/c1-3-4-9-12-15(17)13-10-7-5-6-8-11-14-16(18)19-2/h4,9,15,17H,3,5-8,10-14H2,1-2H3/b9-4+. The summed E-state index contributed by atoms with van der Waals surface area (Å²) in [7, 11) is 1.43. The zero-order valence-electron chi connectivity index (χ0n) is 12.6. The normalized spacial score (nSPS) is 12.8. The predicted octanol–water partition coefficient (Wildman–Crippen LogP) is 4.00. The van der Waals surface area contributed by atoms with Gasteiger partial charge in [-0.2, -0.15) is 0 Å². The highest BCUT2D eigenvalue weighted by Gasteiger charge is 2.02. The zero-order chi connectivity index (χ0) is 14.3. The van der Waals surface area contributed by atoms with Gasteiger partial charge in [-0.15, -0.1) is 0 Å². The Morgan fingerprint density at radius 1 is 1.11 bits per heavy atom. The van der Waals surface area contributed by atoms with Crippen LogP contribution in [0.4, 0.5) is 0 Å². The molecule has 0 bridgehead atoms. The molecule has 0 aliphatic rings. The van der Waals surface area contributed by atoms with Gasteiger partial charge in [-0.1, -0.05) is 51.2 Å². The number of aliphatic hydroxyl groups is 1. The summed E-state index contributed by atoms with van der Waals surface area (Å²) in [6.07, 6.45) is 13.9. The summed E-state index contributed by atoms with van der Waals surface area (Å²) in [5.74, 6) is -0.108. The second-order valence-corrected chi connectivity index (χ2v) is 5.01. The molecule has 0 aromatic heterocycles. The SMILES string of the molecule is CC/C=C/CC(O)CCCCCCCCC(=O)OC. The van der Waals surface area contributed by atoms with Crippen molar-refractivity contribution in [2.75, 3.05) is 7.11 Å². The molecule has 0 aliphatic heterocycles. The lowest BCUT2D eigenvalue weighted by Crippen LogP contribution is -2.04. The van der Waals surface area contributed by atoms with Gasteiger partial charge in [0.1, 0.15) is 0 Å². The van der Waals surface area contributed by atoms with Gasteiger partial charge >= 0.3 is 5.97 Å². The lowest BCUT2D eigenvalue weighted by atomic mass is 10.0. The van der Waals surface area contributed by atoms with Crippen molar-refractivity contribution in [2.24, 2.45) is 0 Å². The second-order valence-electron chi connectivity index (χ2n) is 5.01. The van der Waals surface area contributed by atoms with Crippen molar-refractivity contribution in [1.82, 2.24) is 0 Å². The van der Waals surface area contributed by atoms with Crippen molar-refractivity contribution in [3.8, 4) is 0 Å². The first-order chi connectivity index (χ1) is 9.20. The van der Waals surface area contributed by atoms with Crippen LogP contribution in [0.3, 0.4) is 0 Å². The van der Waals surface area contributed by atoms with Crippen LogP contribution in [-0.2, 0) is 9.53 Å². The van der Waals surface area contributed by atoms with Crippen LogP contribution in [0, 0.1) is 0 Å². The number of carbonyl (C=O) groups is 1. The van der Waals surface area contributed by atoms with Crippen molar-refractivity contribution in [3.63, 3.8) is 0 Å². The molecule has 0 spiro atoms. The number of unbranched alkanes of at least 4 members (excludes halogenated alkanes) is 5. The average Bonchev–Trinajstić information content (AvgIpc) is 2.41. The Hall–Kier alpha value is -0.830. The fourth-order valence-electron chi connectivity index (χ4n) is 2.00. The van der Waals surface area contributed by atoms with E-state index in [0.717, 1.165) is 38.5 Å². The third kappa shape index (κ3) is 13.4. The summed E-state index contributed by atoms with van der Waals surface area (Å²) in [6, 6.07) is 0. The van der Waals surface area contributed by atoms with E-state index in [4.69, 9.17) is 0 Å². The van der Waals surface area contributed by atoms with E-state index in [2.05, 4.69) is 23.8 Å². The Labute approximate surface area is 118 Å². The van der Waals surface area contributed by atoms with Gasteiger partial charge < -0.3 is 9.84 Å². The van der Waals surface area contributed by atoms with Crippen molar-refractivity contribution >= 4 is 5.97 Å². The van der Waals surface area contributed by atoms with Crippen LogP contribution in [0.5, 0.6) is 0 Å². The highest BCUT2D eigenvalue weighted by molar-refractivity contribution is 5.68. The molecular weight excluding hydrogens is 240 g/mol. The van der Waals surface area contributed by atoms with Gasteiger partial charge in [-0.25, -0.2) is 0 Å². The highest BCUT2D eigenvalue weighted by atomic mass is 16.5. The monoisotopic (exact) mass is 270 g/mol. The van der Waals surface area contributed by atoms with E-state index in [9.17, 15) is 9.90 Å². The smallest absolute Gasteiger partial charge is 0.305 e. The molecule has 1 atom stereocenters. The summed E-state index contributed by atoms with van der Waals surface area (Å²) in [6.45, 7) is 2.10. The van der Waals surface area contributed by atoms with Gasteiger partial charge in [0.25, 0.3) is 0 Å². The van der Waals surface area contributed by atoms with Crippen molar-refractivity contribution in [3.05, 3.63) is 12.2 Å². The first-order valence-electron chi connectivity index (χ1n) is 7.60. The molecule has 0 heterocycles. The van der Waals surface area contributed by atoms with Crippen molar-refractivity contribution < 1.29 is 14.6 Å². The largest absolute Gasteiger partial charge is 0.469 e. The van der Waals surface area contributed by atoms with Gasteiger partial charge in [0.2, 0.25) is 0 Å². The summed E-state index contributed by atoms with van der Waals surface area (Å²) in [5, 5.41) is 9.70. The molecule has 0 rings (SSSR count). The van der Waals surface area contributed by atoms with Crippen molar-refractivity contribution in [1.29, 1.82) is 0 Å². The molecule has 0 aliphatic carbocycles. The van der Waals surface area contributed by atoms with Crippen molar-refractivity contribution in [2.45, 2.75) is 77.2 Å². The average molecular weight is 270 g/mol. The molecular formula is C16H30O3. The number of rotatable bonds is 12. The summed E-state index contributed by atoms with van der Waals surface area (Å²) < 4.78 is 4.59. The number of aliphatic hydroxyl groups excluding tert-OH is 1. The Morgan fingerprint density at radius 3 is 2.37 bits per heavy atom. The molecule has 0 amide bonds. The quantitative estimate of drug-likeness (QED) is 0.331. The Morgan fingerprint density at radius 2 is 1.74 bits per heavy atom. The minimum absolute atomic E-state index is 0.108. The fraction of sp³-hybridized carbons (Fsp3) is 0.812. The van der Waals surface area contributed by atoms with E-state index in [1.54, 1.807) is 0 Å². The van der Waals surface area contributed by atoms with Gasteiger partial charge in [0.05, 0.1) is 13.2 Å². The Kier molecular flexibility index (Phi) is 13.0. The van der Waals surface area contributed by atoms with Crippen LogP contribution in [0.15, 0.2) is 12.2 Å². The molecule has 3 nitrogen and oxygen atoms in total. The van der Waals surface area contributed by atoms with E-state index >= 15 is 0 Å². The fourth-order valence-corrected chi connectivity index (χ4v) is 2.00. The van der Waals surface area contributed by atoms with Gasteiger partial charge in [-0.05, 0) is 25.7 Å². The number of hydrogen-bond donors (Lipinski definition) is 1. The number of carbonyl (C=O) groups excluding carboxylic acids is 1. The first-order valence-corrected chi connectivity index (χ1v) is 7.60. The third-order valence-corrected chi connectivity index (χ3v) is 3.21. The Bertz CT molecular complexity index is 236. The lowest BCUT2D eigenvalue weighted by molar-refractivity contribution is -0.140. The molecule has 3 heteroatoms. The topological polar surface area (TPSA) is 46.5 Å². The molecule has 19 heavy (non-hydrogen) atoms. The number of esters is 1. The van der Waals surface area contributed by atoms with E-state index in [1.165, 1.54) is 26.4 Å². The zero-order valence-corrected chi connectivity index (χ0v) is 12.6. The van der Waals surface area contributed by atoms with Crippen LogP contribution in [0.25, 0.3) is 0 Å². The molecule has 0 aromatic rings. The number of ether oxygens (including phenoxy) is 1. The second kappa shape index (κ2) is 13.6. The molecule has 0 fully saturated rings. The summed E-state index contributed by atoms with van der Waals surface area (Å²) in [4.78, 5) is 10.9. The first kappa shape index (κ1) is 18.2. The Balaban J connectivity index is 3.22. The van der Waals surface area contributed by atoms with Gasteiger partial charge in [0, 0.05) is 6.42 Å². The maximum absolute atomic E-state index is 10.9. The highest BCUT2D eigenvalue weighted by Crippen LogP contribution is 2.11. The molecule has 0 saturated carbocycles. The lowest BCUT2D eigenvalue weighted by Gasteiger charge is -2.07. The van der Waals surface area contributed by atoms with E-state index in [0.29, 0.717) is 6.42 Å². The number of hydrogen-bond acceptors (Lipinski definition) is 3. The molecule has 0 radical (unpaired) electrons. The van der Waals surface area contributed by atoms with E-state index in [1.807, 2.05) is 0 Å². The van der Waals surface area contributed by atoms with Gasteiger partial charge in [0.15, 0.2) is 0 Å². The predicted molar refractivity (Wildman–Crippen MR) is 79.0 cm³/mol. The maximum atomic E-state index is 10.9. The summed E-state index contributed by atoms with van der Waals surface area (Å²) in [5.41, 5.74) is 0.